The third-order valence-corrected chi connectivity index (χ3v) is 3.37. The fourth-order valence-electron chi connectivity index (χ4n) is 2.32. The van der Waals surface area contributed by atoms with Crippen LogP contribution in [0.5, 0.6) is 5.88 Å². The molecule has 1 saturated heterocycles. The van der Waals surface area contributed by atoms with Crippen molar-refractivity contribution in [3.05, 3.63) is 35.9 Å². The van der Waals surface area contributed by atoms with Crippen molar-refractivity contribution in [2.75, 3.05) is 13.1 Å². The summed E-state index contributed by atoms with van der Waals surface area (Å²) in [6, 6.07) is 5.21. The van der Waals surface area contributed by atoms with Crippen molar-refractivity contribution in [2.45, 2.75) is 25.9 Å². The fraction of sp³-hybridized carbons (Fsp3) is 0.429. The number of carbonyl (C=O) groups excluding carboxylic acids is 1. The van der Waals surface area contributed by atoms with E-state index in [2.05, 4.69) is 15.4 Å². The predicted octanol–water partition coefficient (Wildman–Crippen LogP) is 1.46. The number of piperidine rings is 1. The number of ether oxygens (including phenoxy) is 1. The molecule has 1 atom stereocenters. The van der Waals surface area contributed by atoms with Crippen LogP contribution in [-0.4, -0.2) is 45.4 Å². The highest BCUT2D eigenvalue weighted by atomic mass is 16.5. The highest BCUT2D eigenvalue weighted by Crippen LogP contribution is 2.18. The summed E-state index contributed by atoms with van der Waals surface area (Å²) in [5.74, 6) is 0.584. The number of hydrogen-bond donors (Lipinski definition) is 0. The Labute approximate surface area is 121 Å². The molecule has 7 nitrogen and oxygen atoms in total. The highest BCUT2D eigenvalue weighted by Gasteiger charge is 2.27. The second-order valence-corrected chi connectivity index (χ2v) is 5.02. The molecule has 21 heavy (non-hydrogen) atoms. The number of rotatable bonds is 3. The van der Waals surface area contributed by atoms with Gasteiger partial charge in [0.15, 0.2) is 0 Å². The molecule has 0 aromatic carbocycles. The minimum absolute atomic E-state index is 0.0809. The largest absolute Gasteiger partial charge is 0.471 e. The summed E-state index contributed by atoms with van der Waals surface area (Å²) in [5, 5.41) is 11.5. The zero-order valence-corrected chi connectivity index (χ0v) is 11.7. The third-order valence-electron chi connectivity index (χ3n) is 3.37. The van der Waals surface area contributed by atoms with E-state index in [0.717, 1.165) is 18.5 Å². The smallest absolute Gasteiger partial charge is 0.292 e. The van der Waals surface area contributed by atoms with E-state index in [4.69, 9.17) is 9.26 Å². The summed E-state index contributed by atoms with van der Waals surface area (Å²) in [4.78, 5) is 13.9. The van der Waals surface area contributed by atoms with E-state index in [1.165, 1.54) is 6.20 Å². The van der Waals surface area contributed by atoms with Crippen molar-refractivity contribution >= 4 is 5.91 Å². The molecule has 7 heteroatoms. The van der Waals surface area contributed by atoms with Gasteiger partial charge >= 0.3 is 0 Å². The van der Waals surface area contributed by atoms with E-state index in [9.17, 15) is 4.79 Å². The molecule has 1 fully saturated rings. The van der Waals surface area contributed by atoms with Crippen LogP contribution in [-0.2, 0) is 0 Å². The van der Waals surface area contributed by atoms with Crippen molar-refractivity contribution in [3.8, 4) is 5.88 Å². The van der Waals surface area contributed by atoms with Crippen LogP contribution in [0, 0.1) is 6.92 Å². The van der Waals surface area contributed by atoms with Crippen molar-refractivity contribution in [1.82, 2.24) is 20.3 Å². The second kappa shape index (κ2) is 5.90. The van der Waals surface area contributed by atoms with Crippen LogP contribution in [0.25, 0.3) is 0 Å². The highest BCUT2D eigenvalue weighted by molar-refractivity contribution is 5.91. The van der Waals surface area contributed by atoms with Crippen LogP contribution < -0.4 is 4.74 Å². The van der Waals surface area contributed by atoms with Gasteiger partial charge in [-0.15, -0.1) is 5.10 Å². The van der Waals surface area contributed by atoms with Gasteiger partial charge in [-0.25, -0.2) is 0 Å². The Kier molecular flexibility index (Phi) is 3.81. The lowest BCUT2D eigenvalue weighted by molar-refractivity contribution is 0.0490. The maximum absolute atomic E-state index is 12.2. The van der Waals surface area contributed by atoms with Crippen molar-refractivity contribution in [1.29, 1.82) is 0 Å². The quantitative estimate of drug-likeness (QED) is 0.850. The molecule has 1 aliphatic heterocycles. The first kappa shape index (κ1) is 13.5. The molecule has 2 aromatic rings. The number of amides is 1. The maximum Gasteiger partial charge on any atom is 0.292 e. The van der Waals surface area contributed by atoms with E-state index in [-0.39, 0.29) is 17.8 Å². The van der Waals surface area contributed by atoms with Crippen LogP contribution in [0.1, 0.15) is 29.1 Å². The summed E-state index contributed by atoms with van der Waals surface area (Å²) in [6.45, 7) is 3.07. The van der Waals surface area contributed by atoms with Crippen molar-refractivity contribution in [2.24, 2.45) is 0 Å². The number of aromatic nitrogens is 3. The van der Waals surface area contributed by atoms with Crippen LogP contribution in [0.2, 0.25) is 0 Å². The van der Waals surface area contributed by atoms with Crippen LogP contribution in [0.4, 0.5) is 0 Å². The van der Waals surface area contributed by atoms with E-state index < -0.39 is 0 Å². The monoisotopic (exact) mass is 288 g/mol. The molecule has 0 spiro atoms. The minimum Gasteiger partial charge on any atom is -0.471 e. The second-order valence-electron chi connectivity index (χ2n) is 5.02. The fourth-order valence-corrected chi connectivity index (χ4v) is 2.32. The van der Waals surface area contributed by atoms with Crippen LogP contribution in [0.3, 0.4) is 0 Å². The SMILES string of the molecule is Cc1ccc(OC2CCCN(C(=O)c3ccno3)C2)nn1. The van der Waals surface area contributed by atoms with Gasteiger partial charge in [0.1, 0.15) is 6.10 Å². The molecule has 1 unspecified atom stereocenters. The summed E-state index contributed by atoms with van der Waals surface area (Å²) in [5.41, 5.74) is 0.841. The van der Waals surface area contributed by atoms with Gasteiger partial charge in [-0.05, 0) is 25.8 Å². The van der Waals surface area contributed by atoms with E-state index in [1.807, 2.05) is 13.0 Å². The molecular formula is C14H16N4O3. The van der Waals surface area contributed by atoms with Gasteiger partial charge in [-0.3, -0.25) is 4.79 Å². The lowest BCUT2D eigenvalue weighted by Gasteiger charge is -2.31. The molecule has 110 valence electrons. The summed E-state index contributed by atoms with van der Waals surface area (Å²) >= 11 is 0. The van der Waals surface area contributed by atoms with Gasteiger partial charge in [0.05, 0.1) is 18.4 Å². The Balaban J connectivity index is 1.63. The predicted molar refractivity (Wildman–Crippen MR) is 72.8 cm³/mol. The average Bonchev–Trinajstić information content (AvgIpc) is 3.03. The molecule has 3 rings (SSSR count). The first-order valence-corrected chi connectivity index (χ1v) is 6.89. The number of likely N-dealkylation sites (tertiary alicyclic amines) is 1. The molecular weight excluding hydrogens is 272 g/mol. The Morgan fingerprint density at radius 1 is 1.38 bits per heavy atom. The first-order chi connectivity index (χ1) is 10.2. The molecule has 0 aliphatic carbocycles. The van der Waals surface area contributed by atoms with Gasteiger partial charge < -0.3 is 14.2 Å². The molecule has 3 heterocycles. The number of carbonyl (C=O) groups is 1. The van der Waals surface area contributed by atoms with Crippen molar-refractivity contribution < 1.29 is 14.1 Å². The molecule has 2 aromatic heterocycles. The molecule has 0 radical (unpaired) electrons. The van der Waals surface area contributed by atoms with Crippen LogP contribution in [0.15, 0.2) is 28.9 Å². The number of aryl methyl sites for hydroxylation is 1. The zero-order valence-electron chi connectivity index (χ0n) is 11.7. The topological polar surface area (TPSA) is 81.4 Å². The van der Waals surface area contributed by atoms with Gasteiger partial charge in [-0.2, -0.15) is 5.10 Å². The molecule has 1 aliphatic rings. The third kappa shape index (κ3) is 3.18. The average molecular weight is 288 g/mol. The minimum atomic E-state index is -0.157. The van der Waals surface area contributed by atoms with Gasteiger partial charge in [0.2, 0.25) is 11.6 Å². The van der Waals surface area contributed by atoms with Crippen molar-refractivity contribution in [3.63, 3.8) is 0 Å². The lowest BCUT2D eigenvalue weighted by Crippen LogP contribution is -2.44. The van der Waals surface area contributed by atoms with Gasteiger partial charge in [-0.1, -0.05) is 5.16 Å². The summed E-state index contributed by atoms with van der Waals surface area (Å²) in [7, 11) is 0. The standard InChI is InChI=1S/C14H16N4O3/c1-10-4-5-13(17-16-10)20-11-3-2-8-18(9-11)14(19)12-6-7-15-21-12/h4-7,11H,2-3,8-9H2,1H3. The first-order valence-electron chi connectivity index (χ1n) is 6.89. The summed E-state index contributed by atoms with van der Waals surface area (Å²) in [6.07, 6.45) is 3.15. The van der Waals surface area contributed by atoms with E-state index >= 15 is 0 Å². The normalized spacial score (nSPS) is 18.5. The Hall–Kier alpha value is -2.44. The van der Waals surface area contributed by atoms with E-state index in [1.54, 1.807) is 17.0 Å². The lowest BCUT2D eigenvalue weighted by atomic mass is 10.1. The molecule has 0 saturated carbocycles. The van der Waals surface area contributed by atoms with Gasteiger partial charge in [0, 0.05) is 18.7 Å². The van der Waals surface area contributed by atoms with E-state index in [0.29, 0.717) is 19.0 Å². The Bertz CT molecular complexity index is 597. The number of nitrogens with zero attached hydrogens (tertiary/aromatic N) is 4. The molecule has 1 amide bonds. The number of hydrogen-bond acceptors (Lipinski definition) is 6. The maximum atomic E-state index is 12.2. The molecule has 0 bridgehead atoms. The molecule has 0 N–H and O–H groups in total. The Morgan fingerprint density at radius 3 is 3.00 bits per heavy atom. The Morgan fingerprint density at radius 2 is 2.29 bits per heavy atom. The van der Waals surface area contributed by atoms with Crippen LogP contribution >= 0.6 is 0 Å². The van der Waals surface area contributed by atoms with Gasteiger partial charge in [0.25, 0.3) is 5.91 Å². The summed E-state index contributed by atoms with van der Waals surface area (Å²) < 4.78 is 10.7. The zero-order chi connectivity index (χ0) is 14.7.